The normalized spacial score (nSPS) is 10.7. The van der Waals surface area contributed by atoms with E-state index in [0.717, 1.165) is 28.9 Å². The fraction of sp³-hybridized carbons (Fsp3) is 0.263. The molecule has 1 heterocycles. The van der Waals surface area contributed by atoms with Crippen molar-refractivity contribution in [2.45, 2.75) is 19.4 Å². The second-order valence-corrected chi connectivity index (χ2v) is 6.76. The number of amides is 1. The first-order chi connectivity index (χ1) is 11.7. The molecule has 0 aliphatic rings. The summed E-state index contributed by atoms with van der Waals surface area (Å²) >= 11 is 1.72. The van der Waals surface area contributed by atoms with Crippen LogP contribution in [0.15, 0.2) is 54.6 Å². The Hall–Kier alpha value is -2.40. The van der Waals surface area contributed by atoms with Gasteiger partial charge in [-0.15, -0.1) is 11.3 Å². The van der Waals surface area contributed by atoms with Gasteiger partial charge in [0.1, 0.15) is 6.61 Å². The van der Waals surface area contributed by atoms with Crippen LogP contribution in [0.2, 0.25) is 0 Å². The quantitative estimate of drug-likeness (QED) is 0.663. The van der Waals surface area contributed by atoms with Gasteiger partial charge in [-0.25, -0.2) is 9.78 Å². The summed E-state index contributed by atoms with van der Waals surface area (Å²) in [5.41, 5.74) is 2.04. The van der Waals surface area contributed by atoms with E-state index in [-0.39, 0.29) is 6.09 Å². The smallest absolute Gasteiger partial charge is 0.409 e. The van der Waals surface area contributed by atoms with Gasteiger partial charge in [0.25, 0.3) is 0 Å². The molecule has 3 rings (SSSR count). The summed E-state index contributed by atoms with van der Waals surface area (Å²) in [7, 11) is 1.77. The van der Waals surface area contributed by atoms with Gasteiger partial charge in [-0.1, -0.05) is 42.5 Å². The number of nitrogens with zero attached hydrogens (tertiary/aromatic N) is 2. The lowest BCUT2D eigenvalue weighted by atomic mass is 10.2. The van der Waals surface area contributed by atoms with Crippen LogP contribution < -0.4 is 0 Å². The molecule has 0 unspecified atom stereocenters. The van der Waals surface area contributed by atoms with Gasteiger partial charge < -0.3 is 9.64 Å². The summed E-state index contributed by atoms with van der Waals surface area (Å²) in [4.78, 5) is 18.2. The highest BCUT2D eigenvalue weighted by Crippen LogP contribution is 2.22. The van der Waals surface area contributed by atoms with E-state index in [1.807, 2.05) is 48.5 Å². The fourth-order valence-corrected chi connectivity index (χ4v) is 3.42. The maximum Gasteiger partial charge on any atom is 0.409 e. The van der Waals surface area contributed by atoms with E-state index in [1.165, 1.54) is 4.70 Å². The van der Waals surface area contributed by atoms with Crippen molar-refractivity contribution in [3.05, 3.63) is 65.2 Å². The first-order valence-corrected chi connectivity index (χ1v) is 8.80. The van der Waals surface area contributed by atoms with Gasteiger partial charge in [0.05, 0.1) is 15.2 Å². The van der Waals surface area contributed by atoms with Crippen LogP contribution >= 0.6 is 11.3 Å². The molecular formula is C19H20N2O2S. The standard InChI is InChI=1S/C19H20N2O2S/c1-21(19(22)23-14-15-8-3-2-4-9-15)13-7-12-18-20-16-10-5-6-11-17(16)24-18/h2-6,8-11H,7,12-14H2,1H3. The zero-order chi connectivity index (χ0) is 16.8. The maximum absolute atomic E-state index is 12.0. The van der Waals surface area contributed by atoms with Crippen LogP contribution in [-0.2, 0) is 17.8 Å². The molecule has 0 saturated heterocycles. The van der Waals surface area contributed by atoms with Crippen molar-refractivity contribution < 1.29 is 9.53 Å². The Morgan fingerprint density at radius 2 is 1.88 bits per heavy atom. The topological polar surface area (TPSA) is 42.4 Å². The van der Waals surface area contributed by atoms with Crippen molar-refractivity contribution in [2.24, 2.45) is 0 Å². The van der Waals surface area contributed by atoms with Crippen LogP contribution in [0.5, 0.6) is 0 Å². The number of carbonyl (C=O) groups excluding carboxylic acids is 1. The van der Waals surface area contributed by atoms with Crippen LogP contribution in [0.3, 0.4) is 0 Å². The molecule has 1 amide bonds. The Kier molecular flexibility index (Phi) is 5.43. The Balaban J connectivity index is 1.43. The molecule has 124 valence electrons. The summed E-state index contributed by atoms with van der Waals surface area (Å²) in [6.45, 7) is 0.964. The molecule has 0 aliphatic heterocycles. The molecule has 0 spiro atoms. The number of hydrogen-bond donors (Lipinski definition) is 0. The minimum atomic E-state index is -0.289. The lowest BCUT2D eigenvalue weighted by Crippen LogP contribution is -2.28. The summed E-state index contributed by atoms with van der Waals surface area (Å²) < 4.78 is 6.53. The van der Waals surface area contributed by atoms with Gasteiger partial charge in [-0.2, -0.15) is 0 Å². The van der Waals surface area contributed by atoms with Crippen molar-refractivity contribution in [1.82, 2.24) is 9.88 Å². The molecule has 0 atom stereocenters. The number of hydrogen-bond acceptors (Lipinski definition) is 4. The third-order valence-corrected chi connectivity index (χ3v) is 4.84. The summed E-state index contributed by atoms with van der Waals surface area (Å²) in [5, 5.41) is 1.11. The third kappa shape index (κ3) is 4.32. The van der Waals surface area contributed by atoms with Crippen molar-refractivity contribution in [1.29, 1.82) is 0 Å². The van der Waals surface area contributed by atoms with E-state index < -0.39 is 0 Å². The number of benzene rings is 2. The predicted octanol–water partition coefficient (Wildman–Crippen LogP) is 4.50. The Bertz CT molecular complexity index is 768. The molecule has 1 aromatic heterocycles. The number of rotatable bonds is 6. The van der Waals surface area contributed by atoms with Gasteiger partial charge in [0, 0.05) is 20.0 Å². The highest BCUT2D eigenvalue weighted by atomic mass is 32.1. The molecule has 2 aromatic carbocycles. The van der Waals surface area contributed by atoms with Gasteiger partial charge in [-0.05, 0) is 24.1 Å². The lowest BCUT2D eigenvalue weighted by Gasteiger charge is -2.16. The molecule has 0 aliphatic carbocycles. The molecule has 0 radical (unpaired) electrons. The summed E-state index contributed by atoms with van der Waals surface area (Å²) in [5.74, 6) is 0. The molecule has 3 aromatic rings. The Labute approximate surface area is 145 Å². The molecule has 24 heavy (non-hydrogen) atoms. The molecule has 0 bridgehead atoms. The average molecular weight is 340 g/mol. The summed E-state index contributed by atoms with van der Waals surface area (Å²) in [6, 6.07) is 17.9. The Morgan fingerprint density at radius 1 is 1.12 bits per heavy atom. The number of para-hydroxylation sites is 1. The highest BCUT2D eigenvalue weighted by molar-refractivity contribution is 7.18. The van der Waals surface area contributed by atoms with Gasteiger partial charge in [0.15, 0.2) is 0 Å². The maximum atomic E-state index is 12.0. The number of aryl methyl sites for hydroxylation is 1. The molecular weight excluding hydrogens is 320 g/mol. The first-order valence-electron chi connectivity index (χ1n) is 7.98. The van der Waals surface area contributed by atoms with E-state index in [4.69, 9.17) is 4.74 Å². The molecule has 0 N–H and O–H groups in total. The molecule has 4 nitrogen and oxygen atoms in total. The van der Waals surface area contributed by atoms with Crippen LogP contribution in [0, 0.1) is 0 Å². The van der Waals surface area contributed by atoms with Crippen LogP contribution in [0.25, 0.3) is 10.2 Å². The minimum absolute atomic E-state index is 0.289. The van der Waals surface area contributed by atoms with E-state index in [2.05, 4.69) is 11.1 Å². The first kappa shape index (κ1) is 16.5. The SMILES string of the molecule is CN(CCCc1nc2ccccc2s1)C(=O)OCc1ccccc1. The van der Waals surface area contributed by atoms with Gasteiger partial charge >= 0.3 is 6.09 Å². The number of carbonyl (C=O) groups is 1. The monoisotopic (exact) mass is 340 g/mol. The van der Waals surface area contributed by atoms with Crippen molar-refractivity contribution in [3.8, 4) is 0 Å². The van der Waals surface area contributed by atoms with E-state index in [0.29, 0.717) is 13.2 Å². The van der Waals surface area contributed by atoms with Crippen molar-refractivity contribution >= 4 is 27.6 Å². The minimum Gasteiger partial charge on any atom is -0.445 e. The van der Waals surface area contributed by atoms with Gasteiger partial charge in [-0.3, -0.25) is 0 Å². The zero-order valence-electron chi connectivity index (χ0n) is 13.6. The predicted molar refractivity (Wildman–Crippen MR) is 97.2 cm³/mol. The zero-order valence-corrected chi connectivity index (χ0v) is 14.5. The molecule has 0 fully saturated rings. The Morgan fingerprint density at radius 3 is 2.67 bits per heavy atom. The second-order valence-electron chi connectivity index (χ2n) is 5.64. The lowest BCUT2D eigenvalue weighted by molar-refractivity contribution is 0.104. The fourth-order valence-electron chi connectivity index (χ4n) is 2.42. The second kappa shape index (κ2) is 7.93. The molecule has 5 heteroatoms. The van der Waals surface area contributed by atoms with Crippen molar-refractivity contribution in [3.63, 3.8) is 0 Å². The van der Waals surface area contributed by atoms with E-state index in [1.54, 1.807) is 23.3 Å². The van der Waals surface area contributed by atoms with Crippen molar-refractivity contribution in [2.75, 3.05) is 13.6 Å². The highest BCUT2D eigenvalue weighted by Gasteiger charge is 2.10. The number of aromatic nitrogens is 1. The van der Waals surface area contributed by atoms with Crippen LogP contribution in [0.1, 0.15) is 17.0 Å². The van der Waals surface area contributed by atoms with E-state index in [9.17, 15) is 4.79 Å². The van der Waals surface area contributed by atoms with Crippen LogP contribution in [0.4, 0.5) is 4.79 Å². The number of ether oxygens (including phenoxy) is 1. The number of thiazole rings is 1. The average Bonchev–Trinajstić information content (AvgIpc) is 3.03. The summed E-state index contributed by atoms with van der Waals surface area (Å²) in [6.07, 6.45) is 1.45. The van der Waals surface area contributed by atoms with Gasteiger partial charge in [0.2, 0.25) is 0 Å². The van der Waals surface area contributed by atoms with Crippen LogP contribution in [-0.4, -0.2) is 29.6 Å². The molecule has 0 saturated carbocycles. The third-order valence-electron chi connectivity index (χ3n) is 3.74. The van der Waals surface area contributed by atoms with E-state index >= 15 is 0 Å². The largest absolute Gasteiger partial charge is 0.445 e. The number of fused-ring (bicyclic) bond motifs is 1.